The first-order valence-corrected chi connectivity index (χ1v) is 24.7. The van der Waals surface area contributed by atoms with Crippen molar-refractivity contribution in [1.29, 1.82) is 0 Å². The number of nitrogens with zero attached hydrogens (tertiary/aromatic N) is 3. The zero-order valence-electron chi connectivity index (χ0n) is 40.7. The molecule has 6 heteroatoms. The van der Waals surface area contributed by atoms with Crippen LogP contribution in [-0.4, -0.2) is 22.6 Å². The molecular weight excluding hydrogens is 943 g/mol. The quantitative estimate of drug-likeness (QED) is 0.118. The number of pyridine rings is 1. The number of thiophene rings is 1. The number of hydrogen-bond acceptors (Lipinski definition) is 3. The molecule has 3 aromatic heterocycles. The Morgan fingerprint density at radius 3 is 2.12 bits per heavy atom. The fourth-order valence-corrected chi connectivity index (χ4v) is 9.99. The molecule has 0 saturated heterocycles. The standard InChI is InChI=1S/C39H35N2S.C15H18NSi.Ir/c1-23(2)31-21-28(27-13-8-7-9-14-27)22-32(24(3)4)37(31)41-35-18-11-10-17-34(35)40-39(41)30-16-12-15-29-33-19-25(5)26(6)20-36(33)42-38(29)30;1-12-5-7-13(8-6-12)15-10-9-14(11-16-15)17(2,3)4;/h7-15,17-24H,1-6H3;5-7,9-11H,1-4H3;/q2*-1;/i;1D3,5D,6D;. The molecule has 0 atom stereocenters. The molecule has 0 saturated carbocycles. The predicted molar refractivity (Wildman–Crippen MR) is 258 cm³/mol. The van der Waals surface area contributed by atoms with Gasteiger partial charge in [0.2, 0.25) is 0 Å². The Bertz CT molecular complexity index is 3130. The second-order valence-corrected chi connectivity index (χ2v) is 23.2. The topological polar surface area (TPSA) is 30.7 Å². The number of hydrogen-bond donors (Lipinski definition) is 0. The normalized spacial score (nSPS) is 13.1. The SMILES string of the molecule is Cc1cc2sc3c(-c4nc5ccccc5n4-c4c(C(C)C)cc(-c5ccccc5)cc4C(C)C)[c-]ccc3c2cc1C.[2H]c1[c-]c(-c2ccc([Si](C)(C)C)cn2)cc([2H])c1C([2H])([2H])[2H].[Ir]. The van der Waals surface area contributed by atoms with Gasteiger partial charge >= 0.3 is 0 Å². The Balaban J connectivity index is 0.000000233. The third kappa shape index (κ3) is 8.49. The van der Waals surface area contributed by atoms with Crippen molar-refractivity contribution in [1.82, 2.24) is 14.5 Å². The van der Waals surface area contributed by atoms with Crippen molar-refractivity contribution in [2.24, 2.45) is 0 Å². The van der Waals surface area contributed by atoms with Crippen LogP contribution in [0.1, 0.15) is 74.2 Å². The van der Waals surface area contributed by atoms with Crippen molar-refractivity contribution >= 4 is 55.8 Å². The predicted octanol–water partition coefficient (Wildman–Crippen LogP) is 14.8. The van der Waals surface area contributed by atoms with E-state index < -0.39 is 14.9 Å². The summed E-state index contributed by atoms with van der Waals surface area (Å²) in [5.74, 6) is 1.61. The first kappa shape index (κ1) is 36.8. The molecule has 6 aromatic carbocycles. The van der Waals surface area contributed by atoms with Crippen molar-refractivity contribution in [3.05, 3.63) is 167 Å². The molecule has 0 unspecified atom stereocenters. The van der Waals surface area contributed by atoms with Gasteiger partial charge in [-0.05, 0) is 110 Å². The van der Waals surface area contributed by atoms with Gasteiger partial charge in [0, 0.05) is 43.5 Å². The number of aryl methyl sites for hydroxylation is 2. The molecule has 9 aromatic rings. The van der Waals surface area contributed by atoms with Crippen LogP contribution in [0.2, 0.25) is 19.6 Å². The van der Waals surface area contributed by atoms with Gasteiger partial charge in [-0.2, -0.15) is 11.3 Å². The van der Waals surface area contributed by atoms with Crippen molar-refractivity contribution in [2.75, 3.05) is 0 Å². The molecule has 305 valence electrons. The second-order valence-electron chi connectivity index (χ2n) is 17.1. The Labute approximate surface area is 382 Å². The first-order chi connectivity index (χ1) is 30.3. The minimum Gasteiger partial charge on any atom is -0.333 e. The Morgan fingerprint density at radius 1 is 0.767 bits per heavy atom. The third-order valence-electron chi connectivity index (χ3n) is 11.2. The summed E-state index contributed by atoms with van der Waals surface area (Å²) in [6.45, 7) is 17.8. The molecule has 0 bridgehead atoms. The monoisotopic (exact) mass is 1000 g/mol. The van der Waals surface area contributed by atoms with E-state index in [4.69, 9.17) is 11.8 Å². The van der Waals surface area contributed by atoms with Crippen LogP contribution in [0.25, 0.3) is 70.7 Å². The van der Waals surface area contributed by atoms with Crippen LogP contribution in [0.4, 0.5) is 0 Å². The third-order valence-corrected chi connectivity index (χ3v) is 14.4. The molecule has 0 N–H and O–H groups in total. The number of fused-ring (bicyclic) bond motifs is 4. The second kappa shape index (κ2) is 17.6. The summed E-state index contributed by atoms with van der Waals surface area (Å²) in [4.78, 5) is 9.72. The number of benzene rings is 6. The fourth-order valence-electron chi connectivity index (χ4n) is 7.68. The molecule has 0 aliphatic heterocycles. The molecular formula is C54H53IrN3SSi-2. The van der Waals surface area contributed by atoms with E-state index in [0.29, 0.717) is 23.1 Å². The smallest absolute Gasteiger partial charge is 0.0795 e. The first-order valence-electron chi connectivity index (χ1n) is 22.9. The van der Waals surface area contributed by atoms with Crippen LogP contribution in [0, 0.1) is 32.8 Å². The summed E-state index contributed by atoms with van der Waals surface area (Å²) in [6.07, 6.45) is 1.82. The van der Waals surface area contributed by atoms with E-state index in [0.717, 1.165) is 22.4 Å². The average molecular weight is 1000 g/mol. The van der Waals surface area contributed by atoms with Gasteiger partial charge in [0.25, 0.3) is 0 Å². The maximum atomic E-state index is 7.88. The van der Waals surface area contributed by atoms with E-state index in [2.05, 4.69) is 174 Å². The number of para-hydroxylation sites is 2. The van der Waals surface area contributed by atoms with Gasteiger partial charge < -0.3 is 9.55 Å². The van der Waals surface area contributed by atoms with Gasteiger partial charge in [0.1, 0.15) is 0 Å². The van der Waals surface area contributed by atoms with Crippen molar-refractivity contribution in [3.8, 4) is 39.5 Å². The zero-order valence-corrected chi connectivity index (χ0v) is 39.9. The molecule has 0 amide bonds. The molecule has 0 aliphatic carbocycles. The largest absolute Gasteiger partial charge is 0.333 e. The van der Waals surface area contributed by atoms with E-state index >= 15 is 0 Å². The van der Waals surface area contributed by atoms with Crippen molar-refractivity contribution < 1.29 is 27.0 Å². The van der Waals surface area contributed by atoms with Gasteiger partial charge in [0.05, 0.1) is 24.9 Å². The van der Waals surface area contributed by atoms with Crippen LogP contribution in [-0.2, 0) is 20.1 Å². The van der Waals surface area contributed by atoms with Crippen LogP contribution >= 0.6 is 11.3 Å². The van der Waals surface area contributed by atoms with E-state index in [1.54, 1.807) is 0 Å². The number of aromatic nitrogens is 3. The van der Waals surface area contributed by atoms with Gasteiger partial charge in [-0.3, -0.25) is 4.98 Å². The molecule has 9 rings (SSSR count). The summed E-state index contributed by atoms with van der Waals surface area (Å²) in [6, 6.07) is 44.3. The van der Waals surface area contributed by atoms with Crippen molar-refractivity contribution in [2.45, 2.75) is 79.9 Å². The number of imidazole rings is 1. The van der Waals surface area contributed by atoms with Gasteiger partial charge in [0.15, 0.2) is 0 Å². The minimum atomic E-state index is -2.47. The summed E-state index contributed by atoms with van der Waals surface area (Å²) < 4.78 is 42.9. The Kier molecular flexibility index (Phi) is 10.8. The minimum absolute atomic E-state index is 0. The molecule has 1 radical (unpaired) electrons. The van der Waals surface area contributed by atoms with Crippen LogP contribution in [0.15, 0.2) is 127 Å². The number of rotatable bonds is 7. The summed E-state index contributed by atoms with van der Waals surface area (Å²) in [5, 5.41) is 3.81. The molecule has 3 heterocycles. The van der Waals surface area contributed by atoms with Crippen LogP contribution in [0.5, 0.6) is 0 Å². The maximum absolute atomic E-state index is 7.88. The zero-order chi connectivity index (χ0) is 45.8. The Hall–Kier alpha value is -4.97. The molecule has 3 nitrogen and oxygen atoms in total. The molecule has 60 heavy (non-hydrogen) atoms. The van der Waals surface area contributed by atoms with Gasteiger partial charge in [-0.1, -0.05) is 126 Å². The average Bonchev–Trinajstić information content (AvgIpc) is 3.81. The van der Waals surface area contributed by atoms with E-state index in [-0.39, 0.29) is 37.8 Å². The van der Waals surface area contributed by atoms with Gasteiger partial charge in [-0.15, -0.1) is 53.5 Å². The van der Waals surface area contributed by atoms with E-state index in [9.17, 15) is 0 Å². The van der Waals surface area contributed by atoms with Crippen LogP contribution < -0.4 is 5.19 Å². The van der Waals surface area contributed by atoms with Gasteiger partial charge in [-0.25, -0.2) is 0 Å². The molecule has 0 fully saturated rings. The maximum Gasteiger partial charge on any atom is 0.0795 e. The summed E-state index contributed by atoms with van der Waals surface area (Å²) >= 11 is 1.86. The fraction of sp³-hybridized carbons (Fsp3) is 0.222. The van der Waals surface area contributed by atoms with Crippen molar-refractivity contribution in [3.63, 3.8) is 0 Å². The Morgan fingerprint density at radius 2 is 1.47 bits per heavy atom. The summed E-state index contributed by atoms with van der Waals surface area (Å²) in [7, 11) is -1.43. The van der Waals surface area contributed by atoms with E-state index in [1.807, 2.05) is 29.7 Å². The molecule has 0 spiro atoms. The van der Waals surface area contributed by atoms with E-state index in [1.165, 1.54) is 70.5 Å². The molecule has 0 aliphatic rings. The summed E-state index contributed by atoms with van der Waals surface area (Å²) in [5.41, 5.74) is 13.1. The van der Waals surface area contributed by atoms with Crippen LogP contribution in [0.3, 0.4) is 0 Å².